The average Bonchev–Trinajstić information content (AvgIpc) is 3.48. The lowest BCUT2D eigenvalue weighted by Gasteiger charge is -2.32. The van der Waals surface area contributed by atoms with E-state index in [1.807, 2.05) is 42.7 Å². The fourth-order valence-electron chi connectivity index (χ4n) is 5.13. The van der Waals surface area contributed by atoms with E-state index in [1.54, 1.807) is 0 Å². The predicted octanol–water partition coefficient (Wildman–Crippen LogP) is 2.43. The number of hydrogen-bond acceptors (Lipinski definition) is 6. The predicted molar refractivity (Wildman–Crippen MR) is 133 cm³/mol. The van der Waals surface area contributed by atoms with E-state index in [0.29, 0.717) is 12.2 Å². The van der Waals surface area contributed by atoms with Crippen molar-refractivity contribution in [3.8, 4) is 0 Å². The van der Waals surface area contributed by atoms with Crippen LogP contribution in [0.3, 0.4) is 0 Å². The summed E-state index contributed by atoms with van der Waals surface area (Å²) in [5, 5.41) is 3.12. The quantitative estimate of drug-likeness (QED) is 0.520. The van der Waals surface area contributed by atoms with Gasteiger partial charge in [0, 0.05) is 51.7 Å². The number of carbonyl (C=O) groups excluding carboxylic acids is 1. The Balaban J connectivity index is 1.26. The molecule has 1 N–H and O–H groups in total. The van der Waals surface area contributed by atoms with Gasteiger partial charge in [-0.05, 0) is 63.7 Å². The van der Waals surface area contributed by atoms with Crippen LogP contribution in [0.4, 0.5) is 0 Å². The second-order valence-corrected chi connectivity index (χ2v) is 9.48. The first-order valence-corrected chi connectivity index (χ1v) is 12.5. The molecule has 5 heterocycles. The van der Waals surface area contributed by atoms with Crippen molar-refractivity contribution < 1.29 is 4.79 Å². The molecular weight excluding hydrogens is 426 g/mol. The highest BCUT2D eigenvalue weighted by Gasteiger charge is 2.31. The van der Waals surface area contributed by atoms with Crippen molar-refractivity contribution in [1.29, 1.82) is 0 Å². The number of likely N-dealkylation sites (tertiary alicyclic amines) is 1. The van der Waals surface area contributed by atoms with Crippen LogP contribution in [0.5, 0.6) is 0 Å². The van der Waals surface area contributed by atoms with Crippen LogP contribution in [0.2, 0.25) is 0 Å². The smallest absolute Gasteiger partial charge is 0.272 e. The molecule has 8 nitrogen and oxygen atoms in total. The van der Waals surface area contributed by atoms with E-state index in [-0.39, 0.29) is 11.9 Å². The molecule has 0 spiro atoms. The molecule has 0 aliphatic carbocycles. The van der Waals surface area contributed by atoms with E-state index >= 15 is 0 Å². The Hall–Kier alpha value is -2.81. The fourth-order valence-corrected chi connectivity index (χ4v) is 5.13. The summed E-state index contributed by atoms with van der Waals surface area (Å²) in [6.45, 7) is 7.95. The molecule has 8 heteroatoms. The highest BCUT2D eigenvalue weighted by Crippen LogP contribution is 2.33. The topological polar surface area (TPSA) is 69.0 Å². The van der Waals surface area contributed by atoms with Crippen molar-refractivity contribution in [2.24, 2.45) is 0 Å². The Kier molecular flexibility index (Phi) is 7.18. The van der Waals surface area contributed by atoms with Crippen molar-refractivity contribution in [1.82, 2.24) is 34.4 Å². The molecule has 0 saturated carbocycles. The normalized spacial score (nSPS) is 20.2. The van der Waals surface area contributed by atoms with Gasteiger partial charge in [-0.25, -0.2) is 4.98 Å². The van der Waals surface area contributed by atoms with Crippen LogP contribution in [0.1, 0.15) is 47.3 Å². The Morgan fingerprint density at radius 2 is 1.94 bits per heavy atom. The molecule has 0 aromatic carbocycles. The minimum absolute atomic E-state index is 0.0809. The number of nitrogens with zero attached hydrogens (tertiary/aromatic N) is 6. The monoisotopic (exact) mass is 461 g/mol. The zero-order valence-electron chi connectivity index (χ0n) is 20.1. The van der Waals surface area contributed by atoms with E-state index < -0.39 is 0 Å². The van der Waals surface area contributed by atoms with Gasteiger partial charge in [-0.2, -0.15) is 0 Å². The summed E-state index contributed by atoms with van der Waals surface area (Å²) >= 11 is 0. The molecule has 0 radical (unpaired) electrons. The molecule has 180 valence electrons. The van der Waals surface area contributed by atoms with Gasteiger partial charge in [0.2, 0.25) is 0 Å². The van der Waals surface area contributed by atoms with Crippen molar-refractivity contribution >= 4 is 11.4 Å². The molecule has 1 amide bonds. The van der Waals surface area contributed by atoms with Crippen LogP contribution in [-0.2, 0) is 6.54 Å². The average molecular weight is 462 g/mol. The molecule has 3 aromatic heterocycles. The molecule has 0 bridgehead atoms. The lowest BCUT2D eigenvalue weighted by atomic mass is 10.2. The Morgan fingerprint density at radius 3 is 2.76 bits per heavy atom. The standard InChI is InChI=1S/C26H35N7O/c1-30-16-18-31(19-17-30)13-7-12-28-26(34)24-22-9-3-5-15-33(22)25(29-24)23-10-6-14-32(23)20-21-8-2-4-11-27-21/h2-5,8-9,11,15,23H,6-7,10,12-14,16-20H2,1H3,(H,28,34)/t23-/m0/s1. The van der Waals surface area contributed by atoms with Gasteiger partial charge in [0.1, 0.15) is 5.82 Å². The highest BCUT2D eigenvalue weighted by atomic mass is 16.1. The number of aromatic nitrogens is 3. The van der Waals surface area contributed by atoms with Crippen LogP contribution >= 0.6 is 0 Å². The summed E-state index contributed by atoms with van der Waals surface area (Å²) in [5.74, 6) is 0.870. The summed E-state index contributed by atoms with van der Waals surface area (Å²) in [6.07, 6.45) is 6.98. The summed E-state index contributed by atoms with van der Waals surface area (Å²) in [5.41, 5.74) is 2.47. The first-order valence-electron chi connectivity index (χ1n) is 12.5. The summed E-state index contributed by atoms with van der Waals surface area (Å²) in [6, 6.07) is 12.2. The fraction of sp³-hybridized carbons (Fsp3) is 0.500. The maximum atomic E-state index is 13.1. The second kappa shape index (κ2) is 10.6. The van der Waals surface area contributed by atoms with E-state index in [1.165, 1.54) is 0 Å². The van der Waals surface area contributed by atoms with E-state index in [2.05, 4.69) is 42.5 Å². The number of rotatable bonds is 8. The third kappa shape index (κ3) is 5.14. The van der Waals surface area contributed by atoms with Crippen molar-refractivity contribution in [3.63, 3.8) is 0 Å². The van der Waals surface area contributed by atoms with Crippen LogP contribution in [0.25, 0.3) is 5.52 Å². The molecule has 5 rings (SSSR count). The molecule has 2 aliphatic heterocycles. The van der Waals surface area contributed by atoms with E-state index in [9.17, 15) is 4.79 Å². The largest absolute Gasteiger partial charge is 0.351 e. The summed E-state index contributed by atoms with van der Waals surface area (Å²) in [7, 11) is 2.17. The molecule has 2 fully saturated rings. The van der Waals surface area contributed by atoms with Gasteiger partial charge in [-0.15, -0.1) is 0 Å². The summed E-state index contributed by atoms with van der Waals surface area (Å²) in [4.78, 5) is 29.8. The Labute approximate surface area is 201 Å². The van der Waals surface area contributed by atoms with Crippen LogP contribution < -0.4 is 5.32 Å². The molecule has 2 aliphatic rings. The van der Waals surface area contributed by atoms with Gasteiger partial charge in [0.25, 0.3) is 5.91 Å². The Bertz CT molecular complexity index is 1090. The number of amides is 1. The number of imidazole rings is 1. The van der Waals surface area contributed by atoms with E-state index in [4.69, 9.17) is 4.98 Å². The second-order valence-electron chi connectivity index (χ2n) is 9.48. The molecule has 2 saturated heterocycles. The number of nitrogens with one attached hydrogen (secondary N) is 1. The Morgan fingerprint density at radius 1 is 1.09 bits per heavy atom. The third-order valence-electron chi connectivity index (χ3n) is 7.08. The van der Waals surface area contributed by atoms with Crippen molar-refractivity contribution in [2.45, 2.75) is 31.8 Å². The SMILES string of the molecule is CN1CCN(CCCNC(=O)c2nc([C@@H]3CCCN3Cc3ccccn3)n3ccccc23)CC1. The lowest BCUT2D eigenvalue weighted by Crippen LogP contribution is -2.45. The highest BCUT2D eigenvalue weighted by molar-refractivity contribution is 5.99. The molecule has 1 atom stereocenters. The molecular formula is C26H35N7O. The first kappa shape index (κ1) is 23.0. The number of carbonyl (C=O) groups is 1. The summed E-state index contributed by atoms with van der Waals surface area (Å²) < 4.78 is 2.10. The minimum Gasteiger partial charge on any atom is -0.351 e. The number of pyridine rings is 2. The number of fused-ring (bicyclic) bond motifs is 1. The number of likely N-dealkylation sites (N-methyl/N-ethyl adjacent to an activating group) is 1. The van der Waals surface area contributed by atoms with Gasteiger partial charge in [0.05, 0.1) is 17.3 Å². The third-order valence-corrected chi connectivity index (χ3v) is 7.08. The van der Waals surface area contributed by atoms with Gasteiger partial charge >= 0.3 is 0 Å². The van der Waals surface area contributed by atoms with Gasteiger partial charge in [0.15, 0.2) is 5.69 Å². The molecule has 3 aromatic rings. The van der Waals surface area contributed by atoms with Gasteiger partial charge in [-0.3, -0.25) is 14.7 Å². The lowest BCUT2D eigenvalue weighted by molar-refractivity contribution is 0.0946. The maximum absolute atomic E-state index is 13.1. The first-order chi connectivity index (χ1) is 16.7. The van der Waals surface area contributed by atoms with Crippen molar-refractivity contribution in [2.75, 3.05) is 52.9 Å². The number of hydrogen-bond donors (Lipinski definition) is 1. The zero-order chi connectivity index (χ0) is 23.3. The maximum Gasteiger partial charge on any atom is 0.272 e. The molecule has 0 unspecified atom stereocenters. The number of piperazine rings is 1. The van der Waals surface area contributed by atoms with Crippen LogP contribution in [0.15, 0.2) is 48.8 Å². The molecule has 34 heavy (non-hydrogen) atoms. The minimum atomic E-state index is -0.0809. The zero-order valence-corrected chi connectivity index (χ0v) is 20.1. The van der Waals surface area contributed by atoms with Crippen molar-refractivity contribution in [3.05, 3.63) is 66.0 Å². The van der Waals surface area contributed by atoms with E-state index in [0.717, 1.165) is 82.1 Å². The van der Waals surface area contributed by atoms with Gasteiger partial charge in [-0.1, -0.05) is 12.1 Å². The van der Waals surface area contributed by atoms with Gasteiger partial charge < -0.3 is 19.5 Å². The van der Waals surface area contributed by atoms with Crippen LogP contribution in [-0.4, -0.2) is 87.8 Å². The van der Waals surface area contributed by atoms with Crippen LogP contribution in [0, 0.1) is 0 Å².